The predicted molar refractivity (Wildman–Crippen MR) is 86.9 cm³/mol. The van der Waals surface area contributed by atoms with Crippen LogP contribution in [-0.2, 0) is 0 Å². The second-order valence-corrected chi connectivity index (χ2v) is 7.78. The molecule has 4 nitrogen and oxygen atoms in total. The molecule has 0 radical (unpaired) electrons. The summed E-state index contributed by atoms with van der Waals surface area (Å²) in [6.07, 6.45) is 2.50. The Morgan fingerprint density at radius 2 is 2.10 bits per heavy atom. The molecule has 0 bridgehead atoms. The van der Waals surface area contributed by atoms with Crippen molar-refractivity contribution in [2.45, 2.75) is 43.1 Å². The average molecular weight is 316 g/mol. The van der Waals surface area contributed by atoms with Gasteiger partial charge in [-0.15, -0.1) is 21.5 Å². The SMILES string of the molecule is Cc1nnc(S[C@H](C)c2nc3ccccc3s2)n1C1CC1. The molecular formula is C15H16N4S2. The summed E-state index contributed by atoms with van der Waals surface area (Å²) in [4.78, 5) is 4.75. The molecule has 0 aliphatic heterocycles. The molecule has 2 aromatic heterocycles. The molecule has 6 heteroatoms. The van der Waals surface area contributed by atoms with Crippen molar-refractivity contribution >= 4 is 33.3 Å². The van der Waals surface area contributed by atoms with Gasteiger partial charge in [0.05, 0.1) is 15.5 Å². The molecule has 2 heterocycles. The molecule has 0 saturated heterocycles. The number of rotatable bonds is 4. The third-order valence-corrected chi connectivity index (χ3v) is 6.12. The zero-order valence-corrected chi connectivity index (χ0v) is 13.6. The van der Waals surface area contributed by atoms with Crippen LogP contribution in [0.3, 0.4) is 0 Å². The first-order chi connectivity index (χ1) is 10.2. The Morgan fingerprint density at radius 1 is 1.29 bits per heavy atom. The molecular weight excluding hydrogens is 300 g/mol. The number of aryl methyl sites for hydroxylation is 1. The quantitative estimate of drug-likeness (QED) is 0.670. The Bertz CT molecular complexity index is 755. The molecule has 108 valence electrons. The molecule has 1 fully saturated rings. The summed E-state index contributed by atoms with van der Waals surface area (Å²) in [5.41, 5.74) is 1.09. The fourth-order valence-corrected chi connectivity index (χ4v) is 4.60. The summed E-state index contributed by atoms with van der Waals surface area (Å²) in [6, 6.07) is 8.92. The van der Waals surface area contributed by atoms with Crippen LogP contribution in [0.25, 0.3) is 10.2 Å². The first-order valence-corrected chi connectivity index (χ1v) is 8.85. The highest BCUT2D eigenvalue weighted by Crippen LogP contribution is 2.43. The van der Waals surface area contributed by atoms with Gasteiger partial charge in [0.15, 0.2) is 5.16 Å². The van der Waals surface area contributed by atoms with E-state index >= 15 is 0 Å². The minimum Gasteiger partial charge on any atom is -0.303 e. The molecule has 0 spiro atoms. The van der Waals surface area contributed by atoms with Crippen molar-refractivity contribution in [2.75, 3.05) is 0 Å². The lowest BCUT2D eigenvalue weighted by Gasteiger charge is -2.09. The summed E-state index contributed by atoms with van der Waals surface area (Å²) < 4.78 is 3.54. The molecule has 1 aromatic carbocycles. The van der Waals surface area contributed by atoms with Crippen LogP contribution in [0, 0.1) is 6.92 Å². The minimum absolute atomic E-state index is 0.295. The zero-order valence-electron chi connectivity index (χ0n) is 12.0. The maximum absolute atomic E-state index is 4.75. The highest BCUT2D eigenvalue weighted by Gasteiger charge is 2.29. The van der Waals surface area contributed by atoms with Crippen LogP contribution in [0.15, 0.2) is 29.4 Å². The topological polar surface area (TPSA) is 43.6 Å². The summed E-state index contributed by atoms with van der Waals surface area (Å²) in [5, 5.41) is 11.1. The standard InChI is InChI=1S/C15H16N4S2/c1-9(14-16-12-5-3-4-6-13(12)21-14)20-15-18-17-10(2)19(15)11-7-8-11/h3-6,9,11H,7-8H2,1-2H3/t9-/m1/s1. The Hall–Kier alpha value is -1.40. The van der Waals surface area contributed by atoms with Crippen LogP contribution >= 0.6 is 23.1 Å². The number of nitrogens with zero attached hydrogens (tertiary/aromatic N) is 4. The molecule has 21 heavy (non-hydrogen) atoms. The number of hydrogen-bond acceptors (Lipinski definition) is 5. The molecule has 3 aromatic rings. The third-order valence-electron chi connectivity index (χ3n) is 3.69. The van der Waals surface area contributed by atoms with Crippen molar-refractivity contribution in [1.82, 2.24) is 19.7 Å². The predicted octanol–water partition coefficient (Wildman–Crippen LogP) is 4.38. The van der Waals surface area contributed by atoms with Crippen LogP contribution in [0.2, 0.25) is 0 Å². The normalized spacial score (nSPS) is 16.5. The van der Waals surface area contributed by atoms with Crippen molar-refractivity contribution in [3.05, 3.63) is 35.1 Å². The van der Waals surface area contributed by atoms with E-state index in [1.807, 2.05) is 13.0 Å². The van der Waals surface area contributed by atoms with Crippen molar-refractivity contribution < 1.29 is 0 Å². The average Bonchev–Trinajstić information content (AvgIpc) is 3.10. The lowest BCUT2D eigenvalue weighted by Crippen LogP contribution is -2.00. The molecule has 1 saturated carbocycles. The van der Waals surface area contributed by atoms with Crippen molar-refractivity contribution in [1.29, 1.82) is 0 Å². The third kappa shape index (κ3) is 2.46. The van der Waals surface area contributed by atoms with Gasteiger partial charge in [-0.3, -0.25) is 0 Å². The first kappa shape index (κ1) is 13.3. The van der Waals surface area contributed by atoms with E-state index in [9.17, 15) is 0 Å². The number of benzene rings is 1. The second-order valence-electron chi connectivity index (χ2n) is 5.41. The Labute approximate surface area is 131 Å². The van der Waals surface area contributed by atoms with Crippen molar-refractivity contribution in [2.24, 2.45) is 0 Å². The van der Waals surface area contributed by atoms with Gasteiger partial charge in [-0.2, -0.15) is 0 Å². The monoisotopic (exact) mass is 316 g/mol. The summed E-state index contributed by atoms with van der Waals surface area (Å²) in [5.74, 6) is 1.02. The van der Waals surface area contributed by atoms with E-state index in [-0.39, 0.29) is 0 Å². The molecule has 4 rings (SSSR count). The second kappa shape index (κ2) is 5.10. The molecule has 1 atom stereocenters. The first-order valence-electron chi connectivity index (χ1n) is 7.16. The van der Waals surface area contributed by atoms with Crippen LogP contribution < -0.4 is 0 Å². The summed E-state index contributed by atoms with van der Waals surface area (Å²) >= 11 is 3.54. The lowest BCUT2D eigenvalue weighted by molar-refractivity contribution is 0.643. The zero-order chi connectivity index (χ0) is 14.4. The van der Waals surface area contributed by atoms with E-state index in [4.69, 9.17) is 4.98 Å². The molecule has 1 aliphatic carbocycles. The van der Waals surface area contributed by atoms with Crippen LogP contribution in [0.4, 0.5) is 0 Å². The number of hydrogen-bond donors (Lipinski definition) is 0. The van der Waals surface area contributed by atoms with Crippen LogP contribution in [0.1, 0.15) is 41.9 Å². The number of aromatic nitrogens is 4. The molecule has 0 unspecified atom stereocenters. The fourth-order valence-electron chi connectivity index (χ4n) is 2.46. The Kier molecular flexibility index (Phi) is 3.23. The van der Waals surface area contributed by atoms with E-state index < -0.39 is 0 Å². The van der Waals surface area contributed by atoms with E-state index in [0.29, 0.717) is 11.3 Å². The smallest absolute Gasteiger partial charge is 0.192 e. The van der Waals surface area contributed by atoms with Gasteiger partial charge < -0.3 is 4.57 Å². The van der Waals surface area contributed by atoms with Gasteiger partial charge in [0.1, 0.15) is 10.8 Å². The molecule has 1 aliphatic rings. The number of para-hydroxylation sites is 1. The van der Waals surface area contributed by atoms with E-state index in [1.165, 1.54) is 17.5 Å². The van der Waals surface area contributed by atoms with Crippen LogP contribution in [-0.4, -0.2) is 19.7 Å². The maximum atomic E-state index is 4.75. The van der Waals surface area contributed by atoms with Gasteiger partial charge in [0, 0.05) is 6.04 Å². The van der Waals surface area contributed by atoms with Gasteiger partial charge in [0.2, 0.25) is 0 Å². The van der Waals surface area contributed by atoms with Gasteiger partial charge >= 0.3 is 0 Å². The highest BCUT2D eigenvalue weighted by atomic mass is 32.2. The van der Waals surface area contributed by atoms with Crippen molar-refractivity contribution in [3.8, 4) is 0 Å². The highest BCUT2D eigenvalue weighted by molar-refractivity contribution is 7.99. The minimum atomic E-state index is 0.295. The Morgan fingerprint density at radius 3 is 2.86 bits per heavy atom. The molecule has 0 amide bonds. The number of fused-ring (bicyclic) bond motifs is 1. The van der Waals surface area contributed by atoms with E-state index in [0.717, 1.165) is 21.5 Å². The fraction of sp³-hybridized carbons (Fsp3) is 0.400. The van der Waals surface area contributed by atoms with Crippen molar-refractivity contribution in [3.63, 3.8) is 0 Å². The Balaban J connectivity index is 1.61. The van der Waals surface area contributed by atoms with E-state index in [1.54, 1.807) is 23.1 Å². The maximum Gasteiger partial charge on any atom is 0.192 e. The van der Waals surface area contributed by atoms with Gasteiger partial charge in [-0.1, -0.05) is 23.9 Å². The number of thioether (sulfide) groups is 1. The number of thiazole rings is 1. The van der Waals surface area contributed by atoms with Gasteiger partial charge in [0.25, 0.3) is 0 Å². The molecule has 0 N–H and O–H groups in total. The largest absolute Gasteiger partial charge is 0.303 e. The summed E-state index contributed by atoms with van der Waals surface area (Å²) in [6.45, 7) is 4.24. The van der Waals surface area contributed by atoms with Crippen LogP contribution in [0.5, 0.6) is 0 Å². The lowest BCUT2D eigenvalue weighted by atomic mass is 10.3. The van der Waals surface area contributed by atoms with Gasteiger partial charge in [-0.05, 0) is 38.8 Å². The van der Waals surface area contributed by atoms with E-state index in [2.05, 4.69) is 39.9 Å². The summed E-state index contributed by atoms with van der Waals surface area (Å²) in [7, 11) is 0. The van der Waals surface area contributed by atoms with Gasteiger partial charge in [-0.25, -0.2) is 4.98 Å².